The SMILES string of the molecule is CCOC(=O)c1cnn(-c2cccc3c2CCCC3)c1C(C)(F)F. The van der Waals surface area contributed by atoms with Crippen molar-refractivity contribution in [1.82, 2.24) is 9.78 Å². The molecule has 0 saturated heterocycles. The van der Waals surface area contributed by atoms with Crippen LogP contribution in [0.15, 0.2) is 24.4 Å². The van der Waals surface area contributed by atoms with Gasteiger partial charge in [-0.05, 0) is 49.8 Å². The number of aryl methyl sites for hydroxylation is 1. The van der Waals surface area contributed by atoms with E-state index in [9.17, 15) is 13.6 Å². The second-order valence-corrected chi connectivity index (χ2v) is 6.05. The van der Waals surface area contributed by atoms with E-state index in [1.165, 1.54) is 10.9 Å². The number of ether oxygens (including phenoxy) is 1. The summed E-state index contributed by atoms with van der Waals surface area (Å²) in [7, 11) is 0. The van der Waals surface area contributed by atoms with Crippen molar-refractivity contribution >= 4 is 5.97 Å². The lowest BCUT2D eigenvalue weighted by molar-refractivity contribution is 0.00751. The standard InChI is InChI=1S/C18H20F2N2O2/c1-3-24-17(23)14-11-21-22(16(14)18(2,19)20)15-10-6-8-12-7-4-5-9-13(12)15/h6,8,10-11H,3-5,7,9H2,1-2H3. The summed E-state index contributed by atoms with van der Waals surface area (Å²) >= 11 is 0. The highest BCUT2D eigenvalue weighted by Crippen LogP contribution is 2.35. The summed E-state index contributed by atoms with van der Waals surface area (Å²) in [6.07, 6.45) is 5.06. The Morgan fingerprint density at radius 3 is 2.79 bits per heavy atom. The lowest BCUT2D eigenvalue weighted by atomic mass is 9.90. The minimum atomic E-state index is -3.21. The number of fused-ring (bicyclic) bond motifs is 1. The third-order valence-corrected chi connectivity index (χ3v) is 4.28. The van der Waals surface area contributed by atoms with Gasteiger partial charge in [0.1, 0.15) is 11.3 Å². The first-order chi connectivity index (χ1) is 11.4. The monoisotopic (exact) mass is 334 g/mol. The molecule has 0 atom stereocenters. The van der Waals surface area contributed by atoms with Crippen molar-refractivity contribution in [2.75, 3.05) is 6.61 Å². The maximum absolute atomic E-state index is 14.3. The van der Waals surface area contributed by atoms with Crippen molar-refractivity contribution in [2.45, 2.75) is 45.5 Å². The number of hydrogen-bond acceptors (Lipinski definition) is 3. The fourth-order valence-electron chi connectivity index (χ4n) is 3.27. The molecule has 24 heavy (non-hydrogen) atoms. The Labute approximate surface area is 139 Å². The molecule has 0 amide bonds. The van der Waals surface area contributed by atoms with Gasteiger partial charge in [-0.15, -0.1) is 0 Å². The molecule has 4 nitrogen and oxygen atoms in total. The van der Waals surface area contributed by atoms with Gasteiger partial charge < -0.3 is 4.74 Å². The molecule has 1 aromatic carbocycles. The fraction of sp³-hybridized carbons (Fsp3) is 0.444. The minimum absolute atomic E-state index is 0.124. The van der Waals surface area contributed by atoms with Crippen LogP contribution >= 0.6 is 0 Å². The first-order valence-corrected chi connectivity index (χ1v) is 8.18. The highest BCUT2D eigenvalue weighted by Gasteiger charge is 2.36. The van der Waals surface area contributed by atoms with Gasteiger partial charge in [0.15, 0.2) is 0 Å². The molecular formula is C18H20F2N2O2. The maximum atomic E-state index is 14.3. The molecule has 0 bridgehead atoms. The number of nitrogens with zero attached hydrogens (tertiary/aromatic N) is 2. The quantitative estimate of drug-likeness (QED) is 0.793. The Balaban J connectivity index is 2.18. The number of halogens is 2. The van der Waals surface area contributed by atoms with Gasteiger partial charge in [-0.25, -0.2) is 9.48 Å². The predicted octanol–water partition coefficient (Wildman–Crippen LogP) is 4.04. The molecule has 0 saturated carbocycles. The third-order valence-electron chi connectivity index (χ3n) is 4.28. The van der Waals surface area contributed by atoms with Gasteiger partial charge in [0.2, 0.25) is 0 Å². The molecule has 1 aliphatic rings. The van der Waals surface area contributed by atoms with E-state index < -0.39 is 17.6 Å². The van der Waals surface area contributed by atoms with E-state index in [0.717, 1.165) is 43.7 Å². The number of benzene rings is 1. The van der Waals surface area contributed by atoms with Crippen molar-refractivity contribution in [1.29, 1.82) is 0 Å². The highest BCUT2D eigenvalue weighted by atomic mass is 19.3. The van der Waals surface area contributed by atoms with Crippen LogP contribution in [-0.4, -0.2) is 22.4 Å². The molecule has 1 aliphatic carbocycles. The zero-order valence-corrected chi connectivity index (χ0v) is 13.8. The zero-order chi connectivity index (χ0) is 17.3. The number of esters is 1. The van der Waals surface area contributed by atoms with Crippen molar-refractivity contribution < 1.29 is 18.3 Å². The van der Waals surface area contributed by atoms with E-state index in [1.54, 1.807) is 13.0 Å². The van der Waals surface area contributed by atoms with Crippen molar-refractivity contribution in [2.24, 2.45) is 0 Å². The number of alkyl halides is 2. The van der Waals surface area contributed by atoms with Crippen molar-refractivity contribution in [3.63, 3.8) is 0 Å². The van der Waals surface area contributed by atoms with Gasteiger partial charge in [0, 0.05) is 6.92 Å². The van der Waals surface area contributed by atoms with E-state index in [4.69, 9.17) is 4.74 Å². The Kier molecular flexibility index (Phi) is 4.39. The summed E-state index contributed by atoms with van der Waals surface area (Å²) in [6, 6.07) is 5.65. The average molecular weight is 334 g/mol. The van der Waals surface area contributed by atoms with Gasteiger partial charge in [-0.1, -0.05) is 12.1 Å². The van der Waals surface area contributed by atoms with Gasteiger partial charge in [0.05, 0.1) is 18.5 Å². The third kappa shape index (κ3) is 2.92. The normalized spacial score (nSPS) is 14.3. The summed E-state index contributed by atoms with van der Waals surface area (Å²) < 4.78 is 34.6. The van der Waals surface area contributed by atoms with Gasteiger partial charge in [-0.3, -0.25) is 0 Å². The first-order valence-electron chi connectivity index (χ1n) is 8.18. The summed E-state index contributed by atoms with van der Waals surface area (Å²) in [6.45, 7) is 2.54. The second kappa shape index (κ2) is 6.34. The van der Waals surface area contributed by atoms with Crippen LogP contribution in [0.1, 0.15) is 53.9 Å². The number of aromatic nitrogens is 2. The summed E-state index contributed by atoms with van der Waals surface area (Å²) in [5.41, 5.74) is 2.22. The largest absolute Gasteiger partial charge is 0.462 e. The Morgan fingerprint density at radius 1 is 1.33 bits per heavy atom. The van der Waals surface area contributed by atoms with Crippen LogP contribution in [0.5, 0.6) is 0 Å². The number of hydrogen-bond donors (Lipinski definition) is 0. The molecule has 0 unspecified atom stereocenters. The first kappa shape index (κ1) is 16.6. The Hall–Kier alpha value is -2.24. The molecule has 6 heteroatoms. The number of rotatable bonds is 4. The van der Waals surface area contributed by atoms with Gasteiger partial charge >= 0.3 is 5.97 Å². The molecule has 3 rings (SSSR count). The molecule has 0 aliphatic heterocycles. The average Bonchev–Trinajstić information content (AvgIpc) is 3.00. The number of carbonyl (C=O) groups excluding carboxylic acids is 1. The smallest absolute Gasteiger partial charge is 0.341 e. The minimum Gasteiger partial charge on any atom is -0.462 e. The van der Waals surface area contributed by atoms with Crippen LogP contribution in [0.2, 0.25) is 0 Å². The van der Waals surface area contributed by atoms with E-state index in [2.05, 4.69) is 5.10 Å². The van der Waals surface area contributed by atoms with Crippen LogP contribution in [-0.2, 0) is 23.5 Å². The molecule has 0 fully saturated rings. The lowest BCUT2D eigenvalue weighted by Gasteiger charge is -2.22. The molecule has 2 aromatic rings. The van der Waals surface area contributed by atoms with Crippen LogP contribution in [0.4, 0.5) is 8.78 Å². The van der Waals surface area contributed by atoms with E-state index >= 15 is 0 Å². The predicted molar refractivity (Wildman–Crippen MR) is 85.7 cm³/mol. The highest BCUT2D eigenvalue weighted by molar-refractivity contribution is 5.91. The van der Waals surface area contributed by atoms with Crippen LogP contribution in [0, 0.1) is 0 Å². The Morgan fingerprint density at radius 2 is 2.08 bits per heavy atom. The molecule has 0 radical (unpaired) electrons. The van der Waals surface area contributed by atoms with E-state index in [-0.39, 0.29) is 12.2 Å². The van der Waals surface area contributed by atoms with Crippen molar-refractivity contribution in [3.8, 4) is 5.69 Å². The lowest BCUT2D eigenvalue weighted by Crippen LogP contribution is -2.21. The van der Waals surface area contributed by atoms with E-state index in [1.807, 2.05) is 12.1 Å². The van der Waals surface area contributed by atoms with E-state index in [0.29, 0.717) is 5.69 Å². The van der Waals surface area contributed by atoms with Crippen LogP contribution in [0.25, 0.3) is 5.69 Å². The fourth-order valence-corrected chi connectivity index (χ4v) is 3.27. The Bertz CT molecular complexity index is 763. The van der Waals surface area contributed by atoms with Crippen LogP contribution in [0.3, 0.4) is 0 Å². The summed E-state index contributed by atoms with van der Waals surface area (Å²) in [4.78, 5) is 12.0. The van der Waals surface area contributed by atoms with Gasteiger partial charge in [0.25, 0.3) is 5.92 Å². The summed E-state index contributed by atoms with van der Waals surface area (Å²) in [5, 5.41) is 4.10. The maximum Gasteiger partial charge on any atom is 0.341 e. The van der Waals surface area contributed by atoms with Gasteiger partial charge in [-0.2, -0.15) is 13.9 Å². The number of carbonyl (C=O) groups is 1. The van der Waals surface area contributed by atoms with Crippen molar-refractivity contribution in [3.05, 3.63) is 46.8 Å². The molecule has 1 heterocycles. The molecule has 128 valence electrons. The van der Waals surface area contributed by atoms with Crippen LogP contribution < -0.4 is 0 Å². The molecular weight excluding hydrogens is 314 g/mol. The molecule has 1 aromatic heterocycles. The zero-order valence-electron chi connectivity index (χ0n) is 13.8. The summed E-state index contributed by atoms with van der Waals surface area (Å²) in [5.74, 6) is -3.99. The second-order valence-electron chi connectivity index (χ2n) is 6.05. The molecule has 0 spiro atoms. The topological polar surface area (TPSA) is 44.1 Å². The molecule has 0 N–H and O–H groups in total.